The second-order valence-corrected chi connectivity index (χ2v) is 7.37. The number of aromatic nitrogens is 2. The molecule has 1 aromatic heterocycles. The van der Waals surface area contributed by atoms with E-state index in [0.717, 1.165) is 27.9 Å². The van der Waals surface area contributed by atoms with Gasteiger partial charge >= 0.3 is 0 Å². The Bertz CT molecular complexity index is 1120. The maximum atomic E-state index is 12.7. The lowest BCUT2D eigenvalue weighted by Gasteiger charge is -2.18. The molecule has 5 nitrogen and oxygen atoms in total. The minimum absolute atomic E-state index is 0.0906. The molecule has 5 heteroatoms. The molecule has 0 bridgehead atoms. The molecular weight excluding hydrogens is 372 g/mol. The van der Waals surface area contributed by atoms with Crippen LogP contribution in [-0.4, -0.2) is 27.8 Å². The molecule has 0 aliphatic carbocycles. The predicted molar refractivity (Wildman–Crippen MR) is 120 cm³/mol. The standard InChI is InChI=1S/C25H24N4O/c1-29(17-19-9-13-22(14-10-19)23-16-27-25(26)28-23)24(30)15-18-7-11-21(12-8-18)20-5-3-2-4-6-20/h2-14,16H,15,17H2,1H3,(H3,26,27,28). The van der Waals surface area contributed by atoms with Crippen molar-refractivity contribution in [3.63, 3.8) is 0 Å². The number of likely N-dealkylation sites (N-methyl/N-ethyl adjacent to an activating group) is 1. The Hall–Kier alpha value is -3.86. The molecule has 0 fully saturated rings. The third-order valence-corrected chi connectivity index (χ3v) is 5.12. The third kappa shape index (κ3) is 4.58. The van der Waals surface area contributed by atoms with Crippen molar-refractivity contribution < 1.29 is 4.79 Å². The Morgan fingerprint density at radius 1 is 0.867 bits per heavy atom. The summed E-state index contributed by atoms with van der Waals surface area (Å²) < 4.78 is 0. The van der Waals surface area contributed by atoms with Crippen LogP contribution in [0.4, 0.5) is 5.95 Å². The number of H-pyrrole nitrogens is 1. The van der Waals surface area contributed by atoms with Gasteiger partial charge in [0.15, 0.2) is 5.95 Å². The summed E-state index contributed by atoms with van der Waals surface area (Å²) in [4.78, 5) is 21.5. The van der Waals surface area contributed by atoms with Gasteiger partial charge in [0.05, 0.1) is 18.3 Å². The number of imidazole rings is 1. The smallest absolute Gasteiger partial charge is 0.227 e. The number of carbonyl (C=O) groups is 1. The van der Waals surface area contributed by atoms with Crippen molar-refractivity contribution in [2.75, 3.05) is 12.8 Å². The first kappa shape index (κ1) is 19.5. The maximum Gasteiger partial charge on any atom is 0.227 e. The lowest BCUT2D eigenvalue weighted by Crippen LogP contribution is -2.27. The molecule has 0 saturated carbocycles. The fourth-order valence-electron chi connectivity index (χ4n) is 3.39. The van der Waals surface area contributed by atoms with Gasteiger partial charge in [0.25, 0.3) is 0 Å². The second kappa shape index (κ2) is 8.66. The van der Waals surface area contributed by atoms with Crippen molar-refractivity contribution in [2.45, 2.75) is 13.0 Å². The van der Waals surface area contributed by atoms with Gasteiger partial charge in [0.2, 0.25) is 5.91 Å². The summed E-state index contributed by atoms with van der Waals surface area (Å²) in [5, 5.41) is 0. The Morgan fingerprint density at radius 2 is 1.47 bits per heavy atom. The van der Waals surface area contributed by atoms with Gasteiger partial charge in [0.1, 0.15) is 0 Å². The van der Waals surface area contributed by atoms with Crippen LogP contribution >= 0.6 is 0 Å². The number of aromatic amines is 1. The van der Waals surface area contributed by atoms with Gasteiger partial charge in [-0.05, 0) is 27.8 Å². The molecule has 0 spiro atoms. The molecule has 4 rings (SSSR count). The number of nitrogens with zero attached hydrogens (tertiary/aromatic N) is 2. The fraction of sp³-hybridized carbons (Fsp3) is 0.120. The number of rotatable bonds is 6. The van der Waals surface area contributed by atoms with Crippen LogP contribution in [0.15, 0.2) is 85.1 Å². The van der Waals surface area contributed by atoms with Gasteiger partial charge < -0.3 is 15.6 Å². The number of amides is 1. The highest BCUT2D eigenvalue weighted by Crippen LogP contribution is 2.21. The van der Waals surface area contributed by atoms with Gasteiger partial charge in [0, 0.05) is 13.6 Å². The molecule has 0 unspecified atom stereocenters. The molecule has 0 saturated heterocycles. The number of nitrogens with two attached hydrogens (primary N) is 1. The van der Waals surface area contributed by atoms with Gasteiger partial charge in [-0.1, -0.05) is 78.9 Å². The number of hydrogen-bond acceptors (Lipinski definition) is 3. The SMILES string of the molecule is CN(Cc1ccc(-c2cnc(N)[nH]2)cc1)C(=O)Cc1ccc(-c2ccccc2)cc1. The fourth-order valence-corrected chi connectivity index (χ4v) is 3.39. The topological polar surface area (TPSA) is 75.0 Å². The van der Waals surface area contributed by atoms with Gasteiger partial charge in [-0.25, -0.2) is 4.98 Å². The number of benzene rings is 3. The van der Waals surface area contributed by atoms with Crippen molar-refractivity contribution in [3.05, 3.63) is 96.2 Å². The molecule has 30 heavy (non-hydrogen) atoms. The number of nitrogens with one attached hydrogen (secondary N) is 1. The Balaban J connectivity index is 1.35. The van der Waals surface area contributed by atoms with E-state index >= 15 is 0 Å². The predicted octanol–water partition coefficient (Wildman–Crippen LogP) is 4.53. The number of anilines is 1. The van der Waals surface area contributed by atoms with E-state index in [2.05, 4.69) is 34.2 Å². The van der Waals surface area contributed by atoms with E-state index < -0.39 is 0 Å². The van der Waals surface area contributed by atoms with Crippen LogP contribution in [0.2, 0.25) is 0 Å². The second-order valence-electron chi connectivity index (χ2n) is 7.37. The molecular formula is C25H24N4O. The first-order valence-corrected chi connectivity index (χ1v) is 9.86. The molecule has 150 valence electrons. The van der Waals surface area contributed by atoms with Crippen LogP contribution in [0.3, 0.4) is 0 Å². The average molecular weight is 396 g/mol. The first-order valence-electron chi connectivity index (χ1n) is 9.86. The van der Waals surface area contributed by atoms with E-state index in [1.165, 1.54) is 5.56 Å². The van der Waals surface area contributed by atoms with Crippen LogP contribution in [0.5, 0.6) is 0 Å². The summed E-state index contributed by atoms with van der Waals surface area (Å²) >= 11 is 0. The molecule has 3 aromatic carbocycles. The third-order valence-electron chi connectivity index (χ3n) is 5.12. The summed E-state index contributed by atoms with van der Waals surface area (Å²) in [5.74, 6) is 0.490. The van der Waals surface area contributed by atoms with Crippen LogP contribution in [-0.2, 0) is 17.8 Å². The number of hydrogen-bond donors (Lipinski definition) is 2. The van der Waals surface area contributed by atoms with Crippen LogP contribution in [0.25, 0.3) is 22.4 Å². The summed E-state index contributed by atoms with van der Waals surface area (Å²) in [6.45, 7) is 0.562. The lowest BCUT2D eigenvalue weighted by molar-refractivity contribution is -0.129. The monoisotopic (exact) mass is 396 g/mol. The normalized spacial score (nSPS) is 10.7. The maximum absolute atomic E-state index is 12.7. The van der Waals surface area contributed by atoms with E-state index in [1.54, 1.807) is 11.1 Å². The van der Waals surface area contributed by atoms with Crippen LogP contribution < -0.4 is 5.73 Å². The molecule has 0 atom stereocenters. The summed E-state index contributed by atoms with van der Waals surface area (Å²) in [6.07, 6.45) is 2.10. The largest absolute Gasteiger partial charge is 0.369 e. The highest BCUT2D eigenvalue weighted by molar-refractivity contribution is 5.79. The van der Waals surface area contributed by atoms with Crippen molar-refractivity contribution >= 4 is 11.9 Å². The molecule has 1 heterocycles. The summed E-state index contributed by atoms with van der Waals surface area (Å²) in [5.41, 5.74) is 11.9. The van der Waals surface area contributed by atoms with E-state index in [4.69, 9.17) is 5.73 Å². The average Bonchev–Trinajstić information content (AvgIpc) is 3.21. The first-order chi connectivity index (χ1) is 14.6. The van der Waals surface area contributed by atoms with Gasteiger partial charge in [-0.15, -0.1) is 0 Å². The van der Waals surface area contributed by atoms with Crippen molar-refractivity contribution in [1.29, 1.82) is 0 Å². The lowest BCUT2D eigenvalue weighted by atomic mass is 10.0. The Labute approximate surface area is 176 Å². The molecule has 0 aliphatic rings. The Morgan fingerprint density at radius 3 is 2.10 bits per heavy atom. The molecule has 4 aromatic rings. The van der Waals surface area contributed by atoms with E-state index in [1.807, 2.05) is 61.6 Å². The van der Waals surface area contributed by atoms with Crippen LogP contribution in [0.1, 0.15) is 11.1 Å². The Kier molecular flexibility index (Phi) is 5.61. The van der Waals surface area contributed by atoms with E-state index in [9.17, 15) is 4.79 Å². The van der Waals surface area contributed by atoms with Crippen molar-refractivity contribution in [2.24, 2.45) is 0 Å². The zero-order chi connectivity index (χ0) is 20.9. The minimum atomic E-state index is 0.0906. The quantitative estimate of drug-likeness (QED) is 0.503. The summed E-state index contributed by atoms with van der Waals surface area (Å²) in [7, 11) is 1.84. The molecule has 3 N–H and O–H groups in total. The summed E-state index contributed by atoms with van der Waals surface area (Å²) in [6, 6.07) is 26.5. The zero-order valence-corrected chi connectivity index (χ0v) is 16.9. The zero-order valence-electron chi connectivity index (χ0n) is 16.9. The van der Waals surface area contributed by atoms with Crippen LogP contribution in [0, 0.1) is 0 Å². The van der Waals surface area contributed by atoms with E-state index in [-0.39, 0.29) is 5.91 Å². The number of carbonyl (C=O) groups excluding carboxylic acids is 1. The minimum Gasteiger partial charge on any atom is -0.369 e. The molecule has 0 radical (unpaired) electrons. The van der Waals surface area contributed by atoms with Crippen molar-refractivity contribution in [1.82, 2.24) is 14.9 Å². The highest BCUT2D eigenvalue weighted by atomic mass is 16.2. The highest BCUT2D eigenvalue weighted by Gasteiger charge is 2.11. The molecule has 0 aliphatic heterocycles. The van der Waals surface area contributed by atoms with Gasteiger partial charge in [-0.2, -0.15) is 0 Å². The van der Waals surface area contributed by atoms with Crippen molar-refractivity contribution in [3.8, 4) is 22.4 Å². The van der Waals surface area contributed by atoms with E-state index in [0.29, 0.717) is 18.9 Å². The van der Waals surface area contributed by atoms with Gasteiger partial charge in [-0.3, -0.25) is 4.79 Å². The molecule has 1 amide bonds. The number of nitrogen functional groups attached to an aromatic ring is 1.